The Kier molecular flexibility index (Phi) is 11.9. The molecule has 1 aromatic heterocycles. The highest BCUT2D eigenvalue weighted by atomic mass is 16.2. The van der Waals surface area contributed by atoms with Crippen molar-refractivity contribution in [3.8, 4) is 22.4 Å². The van der Waals surface area contributed by atoms with Gasteiger partial charge in [-0.2, -0.15) is 0 Å². The fourth-order valence-electron chi connectivity index (χ4n) is 9.11. The molecule has 0 bridgehead atoms. The average molecular weight is 783 g/mol. The second kappa shape index (κ2) is 17.6. The predicted octanol–water partition coefficient (Wildman–Crippen LogP) is 6.10. The minimum atomic E-state index is -0.350. The van der Waals surface area contributed by atoms with Gasteiger partial charge in [0.25, 0.3) is 0 Å². The van der Waals surface area contributed by atoms with Gasteiger partial charge in [0.05, 0.1) is 43.1 Å². The molecule has 0 saturated carbocycles. The molecule has 8 rings (SSSR count). The van der Waals surface area contributed by atoms with Crippen LogP contribution in [0.3, 0.4) is 0 Å². The Labute approximate surface area is 342 Å². The number of aromatic nitrogens is 2. The van der Waals surface area contributed by atoms with Gasteiger partial charge in [-0.3, -0.25) is 24.5 Å². The van der Waals surface area contributed by atoms with E-state index >= 15 is 0 Å². The molecule has 5 heterocycles. The lowest BCUT2D eigenvalue weighted by Crippen LogP contribution is -2.53. The molecule has 12 heteroatoms. The molecule has 2 amide bonds. The standard InChI is InChI=1S/C46H58N10O2/c1-5-54(6-2)41(35-12-8-7-9-13-35)45(58)56-27-11-15-39(56)43-50-29-37(52-43)34-22-18-32(19-23-34)31-16-20-33(21-17-31)36-28-49-42(51-36)38-14-10-26-55(38)44(57)40(30(3)4)53-46-47-24-25-48-46/h7-9,12-13,16-23,28,30,37-41H,5-6,10-11,14-15,24-27,29H2,1-4H3,(H,49,51)(H,50,52)(H2,47,48,53)/t37?,38-,39-,40+,41+/m0/s1. The normalized spacial score (nSPS) is 21.5. The van der Waals surface area contributed by atoms with Crippen LogP contribution < -0.4 is 16.0 Å². The van der Waals surface area contributed by atoms with Crippen LogP contribution in [-0.4, -0.2) is 106 Å². The third kappa shape index (κ3) is 8.12. The molecular formula is C46H58N10O2. The van der Waals surface area contributed by atoms with E-state index in [1.807, 2.05) is 29.3 Å². The third-order valence-corrected chi connectivity index (χ3v) is 12.3. The van der Waals surface area contributed by atoms with Gasteiger partial charge in [-0.05, 0) is 72.5 Å². The molecule has 12 nitrogen and oxygen atoms in total. The zero-order valence-corrected chi connectivity index (χ0v) is 34.3. The van der Waals surface area contributed by atoms with Gasteiger partial charge in [0.2, 0.25) is 11.8 Å². The lowest BCUT2D eigenvalue weighted by Gasteiger charge is -2.35. The van der Waals surface area contributed by atoms with E-state index in [9.17, 15) is 9.59 Å². The summed E-state index contributed by atoms with van der Waals surface area (Å²) in [5, 5.41) is 10.3. The van der Waals surface area contributed by atoms with E-state index in [0.29, 0.717) is 12.5 Å². The number of carbonyl (C=O) groups excluding carboxylic acids is 2. The number of H-pyrrole nitrogens is 1. The largest absolute Gasteiger partial charge is 0.363 e. The van der Waals surface area contributed by atoms with Gasteiger partial charge in [-0.15, -0.1) is 0 Å². The highest BCUT2D eigenvalue weighted by molar-refractivity contribution is 5.95. The monoisotopic (exact) mass is 782 g/mol. The predicted molar refractivity (Wildman–Crippen MR) is 230 cm³/mol. The lowest BCUT2D eigenvalue weighted by atomic mass is 9.99. The molecule has 1 unspecified atom stereocenters. The first-order chi connectivity index (χ1) is 28.3. The Balaban J connectivity index is 0.891. The Bertz CT molecular complexity index is 2090. The molecule has 4 aliphatic rings. The number of amides is 2. The number of aliphatic imine (C=N–C) groups is 2. The van der Waals surface area contributed by atoms with E-state index in [2.05, 4.69) is 124 Å². The van der Waals surface area contributed by atoms with Crippen molar-refractivity contribution in [1.29, 1.82) is 0 Å². The molecule has 5 atom stereocenters. The topological polar surface area (TPSA) is 133 Å². The van der Waals surface area contributed by atoms with Gasteiger partial charge >= 0.3 is 0 Å². The molecule has 2 fully saturated rings. The first-order valence-corrected chi connectivity index (χ1v) is 21.3. The smallest absolute Gasteiger partial charge is 0.246 e. The van der Waals surface area contributed by atoms with E-state index in [1.165, 1.54) is 5.56 Å². The molecule has 4 aliphatic heterocycles. The number of benzene rings is 3. The molecule has 0 aliphatic carbocycles. The van der Waals surface area contributed by atoms with E-state index in [0.717, 1.165) is 105 Å². The number of imidazole rings is 1. The number of rotatable bonds is 13. The summed E-state index contributed by atoms with van der Waals surface area (Å²) in [5.74, 6) is 2.84. The van der Waals surface area contributed by atoms with Crippen molar-refractivity contribution < 1.29 is 9.59 Å². The average Bonchev–Trinajstić information content (AvgIpc) is 4.12. The number of hydrogen-bond donors (Lipinski definition) is 4. The summed E-state index contributed by atoms with van der Waals surface area (Å²) in [5.41, 5.74) is 6.49. The van der Waals surface area contributed by atoms with Crippen LogP contribution in [-0.2, 0) is 9.59 Å². The minimum Gasteiger partial charge on any atom is -0.363 e. The van der Waals surface area contributed by atoms with Crippen LogP contribution >= 0.6 is 0 Å². The fraction of sp³-hybridized carbons (Fsp3) is 0.457. The van der Waals surface area contributed by atoms with Crippen molar-refractivity contribution in [2.45, 2.75) is 83.6 Å². The molecule has 2 saturated heterocycles. The van der Waals surface area contributed by atoms with Crippen LogP contribution in [0.5, 0.6) is 0 Å². The Morgan fingerprint density at radius 3 is 2.14 bits per heavy atom. The van der Waals surface area contributed by atoms with Gasteiger partial charge < -0.3 is 30.7 Å². The number of aromatic amines is 1. The number of guanidine groups is 1. The van der Waals surface area contributed by atoms with Crippen molar-refractivity contribution in [1.82, 2.24) is 40.6 Å². The highest BCUT2D eigenvalue weighted by Gasteiger charge is 2.40. The molecule has 0 spiro atoms. The summed E-state index contributed by atoms with van der Waals surface area (Å²) < 4.78 is 0. The second-order valence-corrected chi connectivity index (χ2v) is 16.2. The highest BCUT2D eigenvalue weighted by Crippen LogP contribution is 2.34. The van der Waals surface area contributed by atoms with Gasteiger partial charge in [0, 0.05) is 19.6 Å². The van der Waals surface area contributed by atoms with Crippen LogP contribution in [0.4, 0.5) is 0 Å². The molecule has 4 aromatic rings. The lowest BCUT2D eigenvalue weighted by molar-refractivity contribution is -0.137. The summed E-state index contributed by atoms with van der Waals surface area (Å²) in [6.07, 6.45) is 5.60. The fourth-order valence-corrected chi connectivity index (χ4v) is 9.11. The summed E-state index contributed by atoms with van der Waals surface area (Å²) >= 11 is 0. The van der Waals surface area contributed by atoms with Crippen LogP contribution in [0.2, 0.25) is 0 Å². The van der Waals surface area contributed by atoms with Crippen LogP contribution in [0.15, 0.2) is 95.0 Å². The first kappa shape index (κ1) is 39.3. The van der Waals surface area contributed by atoms with Crippen LogP contribution in [0.25, 0.3) is 22.4 Å². The summed E-state index contributed by atoms with van der Waals surface area (Å²) in [6.45, 7) is 13.7. The van der Waals surface area contributed by atoms with Crippen molar-refractivity contribution in [3.63, 3.8) is 0 Å². The summed E-state index contributed by atoms with van der Waals surface area (Å²) in [7, 11) is 0. The zero-order valence-electron chi connectivity index (χ0n) is 34.3. The van der Waals surface area contributed by atoms with Crippen LogP contribution in [0, 0.1) is 5.92 Å². The third-order valence-electron chi connectivity index (χ3n) is 12.3. The van der Waals surface area contributed by atoms with Gasteiger partial charge in [0.1, 0.15) is 23.7 Å². The number of nitrogens with one attached hydrogen (secondary N) is 4. The number of nitrogens with zero attached hydrogens (tertiary/aromatic N) is 6. The molecule has 4 N–H and O–H groups in total. The first-order valence-electron chi connectivity index (χ1n) is 21.3. The minimum absolute atomic E-state index is 0.0305. The molecule has 0 radical (unpaired) electrons. The van der Waals surface area contributed by atoms with E-state index in [4.69, 9.17) is 9.98 Å². The molecular weight excluding hydrogens is 725 g/mol. The Hall–Kier alpha value is -5.49. The van der Waals surface area contributed by atoms with Crippen molar-refractivity contribution in [3.05, 3.63) is 102 Å². The van der Waals surface area contributed by atoms with E-state index in [1.54, 1.807) is 0 Å². The summed E-state index contributed by atoms with van der Waals surface area (Å²) in [4.78, 5) is 52.1. The van der Waals surface area contributed by atoms with Crippen molar-refractivity contribution >= 4 is 23.6 Å². The Morgan fingerprint density at radius 2 is 1.48 bits per heavy atom. The molecule has 3 aromatic carbocycles. The van der Waals surface area contributed by atoms with E-state index < -0.39 is 0 Å². The van der Waals surface area contributed by atoms with E-state index in [-0.39, 0.29) is 47.9 Å². The summed E-state index contributed by atoms with van der Waals surface area (Å²) in [6, 6.07) is 26.8. The number of likely N-dealkylation sites (tertiary alicyclic amines) is 2. The Morgan fingerprint density at radius 1 is 0.828 bits per heavy atom. The maximum absolute atomic E-state index is 14.2. The number of likely N-dealkylation sites (N-methyl/N-ethyl adjacent to an activating group) is 1. The maximum Gasteiger partial charge on any atom is 0.246 e. The number of amidine groups is 1. The maximum atomic E-state index is 14.2. The van der Waals surface area contributed by atoms with Crippen molar-refractivity contribution in [2.24, 2.45) is 15.9 Å². The zero-order chi connectivity index (χ0) is 40.2. The number of hydrogen-bond acceptors (Lipinski definition) is 9. The number of carbonyl (C=O) groups is 2. The van der Waals surface area contributed by atoms with Gasteiger partial charge in [0.15, 0.2) is 5.96 Å². The SMILES string of the molecule is CCN(CC)[C@@H](C(=O)N1CCC[C@H]1C1=NCC(c2ccc(-c3ccc(-c4cnc([C@@H]5CCCN5C(=O)[C@H](NC5=NCCN5)C(C)C)[nH]4)cc3)cc2)N1)c1ccccc1. The second-order valence-electron chi connectivity index (χ2n) is 16.2. The van der Waals surface area contributed by atoms with Crippen molar-refractivity contribution in [2.75, 3.05) is 45.8 Å². The molecule has 58 heavy (non-hydrogen) atoms. The van der Waals surface area contributed by atoms with Gasteiger partial charge in [-0.25, -0.2) is 4.98 Å². The van der Waals surface area contributed by atoms with Crippen LogP contribution in [0.1, 0.15) is 88.5 Å². The van der Waals surface area contributed by atoms with Gasteiger partial charge in [-0.1, -0.05) is 107 Å². The quantitative estimate of drug-likeness (QED) is 0.129. The molecule has 304 valence electrons.